The van der Waals surface area contributed by atoms with Crippen molar-refractivity contribution in [2.75, 3.05) is 57.9 Å². The van der Waals surface area contributed by atoms with Crippen LogP contribution in [0.2, 0.25) is 0 Å². The maximum Gasteiger partial charge on any atom is 0.351 e. The summed E-state index contributed by atoms with van der Waals surface area (Å²) in [5, 5.41) is 18.3. The monoisotopic (exact) mass is 1520 g/mol. The number of hydrogen-bond donors (Lipinski definition) is 4. The van der Waals surface area contributed by atoms with E-state index in [1.165, 1.54) is 30.0 Å². The van der Waals surface area contributed by atoms with E-state index in [2.05, 4.69) is 46.6 Å². The third-order valence-electron chi connectivity index (χ3n) is 18.2. The van der Waals surface area contributed by atoms with Crippen LogP contribution in [0.3, 0.4) is 0 Å². The van der Waals surface area contributed by atoms with Crippen molar-refractivity contribution in [1.29, 1.82) is 5.26 Å². The van der Waals surface area contributed by atoms with Gasteiger partial charge < -0.3 is 71.5 Å². The third-order valence-corrected chi connectivity index (χ3v) is 22.2. The Hall–Kier alpha value is -9.18. The smallest absolute Gasteiger partial charge is 0.351 e. The number of fused-ring (bicyclic) bond motifs is 1. The number of hydrogen-bond acceptors (Lipinski definition) is 25. The fraction of sp³-hybridized carbons (Fsp3) is 0.384. The zero-order valence-electron chi connectivity index (χ0n) is 59.6. The number of aliphatic imine (C=N–C) groups is 1. The second-order valence-corrected chi connectivity index (χ2v) is 29.3. The molecule has 34 heteroatoms. The Morgan fingerprint density at radius 1 is 0.682 bits per heavy atom. The van der Waals surface area contributed by atoms with Crippen molar-refractivity contribution >= 4 is 54.3 Å². The Morgan fingerprint density at radius 2 is 1.20 bits per heavy atom. The Labute approximate surface area is 618 Å². The van der Waals surface area contributed by atoms with Gasteiger partial charge in [-0.2, -0.15) is 10.2 Å². The zero-order valence-corrected chi connectivity index (χ0v) is 62.5. The molecule has 0 saturated carbocycles. The number of benzene rings is 5. The minimum absolute atomic E-state index is 0.0194. The summed E-state index contributed by atoms with van der Waals surface area (Å²) in [5.74, 6) is 1.03. The van der Waals surface area contributed by atoms with Gasteiger partial charge in [0.1, 0.15) is 78.1 Å². The number of anilines is 2. The lowest BCUT2D eigenvalue weighted by Crippen LogP contribution is -2.38. The van der Waals surface area contributed by atoms with Gasteiger partial charge in [-0.1, -0.05) is 91.0 Å². The van der Waals surface area contributed by atoms with Crippen molar-refractivity contribution in [3.8, 4) is 17.6 Å². The highest BCUT2D eigenvalue weighted by molar-refractivity contribution is 7.44. The molecule has 107 heavy (non-hydrogen) atoms. The summed E-state index contributed by atoms with van der Waals surface area (Å²) >= 11 is 0. The van der Waals surface area contributed by atoms with E-state index >= 15 is 0 Å². The first-order valence-corrected chi connectivity index (χ1v) is 38.3. The van der Waals surface area contributed by atoms with Gasteiger partial charge in [-0.15, -0.1) is 0 Å². The molecule has 7 heterocycles. The molecule has 4 aliphatic heterocycles. The number of aryl methyl sites for hydroxylation is 1. The van der Waals surface area contributed by atoms with Crippen LogP contribution in [0.1, 0.15) is 121 Å². The molecular formula is C73H83N12O19P3. The number of nitrogens with zero attached hydrogens (tertiary/aromatic N) is 8. The van der Waals surface area contributed by atoms with Crippen molar-refractivity contribution in [3.63, 3.8) is 0 Å². The van der Waals surface area contributed by atoms with Gasteiger partial charge in [-0.05, 0) is 106 Å². The van der Waals surface area contributed by atoms with Crippen LogP contribution in [0.25, 0.3) is 0 Å². The van der Waals surface area contributed by atoms with Crippen LogP contribution in [0.4, 0.5) is 11.6 Å². The quantitative estimate of drug-likeness (QED) is 0.0173. The van der Waals surface area contributed by atoms with E-state index in [-0.39, 0.29) is 87.4 Å². The standard InChI is InChI=1S/C73H83N12O19P3/c1-45(2)85(46(3)4)105(96-35-17-33-74)102-55-36-64(84-44-77-65-66(75-43-76-67(65)84)80-70(88)49-20-13-9-14-21-49)101-59(55)41-97-107(92)104-57-38-63(83-39-47(5)68(86)81-72(83)90)100-60(57)42-98-106(91)103-56-37-62(82-34-32-61(79-71(82)89)78-69(87)48-18-11-8-12-19-48)99-58(56)40-95-73(50-22-15-10-16-23-50,51-24-28-53(93-6)29-25-51)52-26-30-54(94-7)31-27-52/h8-16,18-32,34,39,44-46,55-60,62-64,76,106-107H,17,35-38,40-43H2,1-7H3,(H,75,80,88)(H,81,86,90)(H,78,79,87,89)/t55-,56-,57-,58+,59+,60+,62+,63+,64+,105?/m0/s1. The van der Waals surface area contributed by atoms with Gasteiger partial charge >= 0.3 is 27.9 Å². The van der Waals surface area contributed by atoms with E-state index < -0.39 is 115 Å². The number of amidine groups is 1. The van der Waals surface area contributed by atoms with Crippen LogP contribution in [0, 0.1) is 18.3 Å². The molecule has 3 fully saturated rings. The first kappa shape index (κ1) is 77.4. The van der Waals surface area contributed by atoms with Crippen LogP contribution < -0.4 is 42.4 Å². The Balaban J connectivity index is 0.795. The lowest BCUT2D eigenvalue weighted by molar-refractivity contribution is -0.0925. The number of imidazole rings is 1. The summed E-state index contributed by atoms with van der Waals surface area (Å²) in [6.45, 7) is 8.50. The minimum atomic E-state index is -3.65. The van der Waals surface area contributed by atoms with Crippen LogP contribution in [-0.2, 0) is 60.8 Å². The molecule has 0 spiro atoms. The van der Waals surface area contributed by atoms with Crippen molar-refractivity contribution in [3.05, 3.63) is 235 Å². The van der Waals surface area contributed by atoms with E-state index in [1.807, 2.05) is 107 Å². The average Bonchev–Trinajstić information content (AvgIpc) is 0.969. The van der Waals surface area contributed by atoms with Gasteiger partial charge in [0.05, 0.1) is 77.8 Å². The normalized spacial score (nSPS) is 21.5. The number of amides is 2. The van der Waals surface area contributed by atoms with Crippen molar-refractivity contribution in [2.24, 2.45) is 4.99 Å². The third kappa shape index (κ3) is 18.3. The van der Waals surface area contributed by atoms with Gasteiger partial charge in [0.15, 0.2) is 5.84 Å². The summed E-state index contributed by atoms with van der Waals surface area (Å²) in [4.78, 5) is 82.2. The Kier molecular flexibility index (Phi) is 25.8. The molecule has 4 N–H and O–H groups in total. The fourth-order valence-electron chi connectivity index (χ4n) is 13.1. The largest absolute Gasteiger partial charge is 0.497 e. The number of rotatable bonds is 32. The fourth-order valence-corrected chi connectivity index (χ4v) is 16.6. The van der Waals surface area contributed by atoms with Crippen molar-refractivity contribution < 1.29 is 74.3 Å². The minimum Gasteiger partial charge on any atom is -0.497 e. The topological polar surface area (TPSA) is 362 Å². The number of ether oxygens (including phenoxy) is 6. The number of aromatic amines is 1. The van der Waals surface area contributed by atoms with Gasteiger partial charge in [0.25, 0.3) is 25.9 Å². The Bertz CT molecular complexity index is 4630. The number of H-pyrrole nitrogens is 1. The van der Waals surface area contributed by atoms with Crippen LogP contribution in [0.5, 0.6) is 11.5 Å². The highest BCUT2D eigenvalue weighted by Gasteiger charge is 2.47. The summed E-state index contributed by atoms with van der Waals surface area (Å²) in [6.07, 6.45) is -5.17. The van der Waals surface area contributed by atoms with E-state index in [1.54, 1.807) is 85.8 Å². The molecule has 0 radical (unpaired) electrons. The molecule has 2 amide bonds. The first-order chi connectivity index (χ1) is 51.8. The molecular weight excluding hydrogens is 1440 g/mol. The number of methoxy groups -OCH3 is 2. The molecule has 3 aromatic heterocycles. The maximum absolute atomic E-state index is 14.7. The lowest BCUT2D eigenvalue weighted by Gasteiger charge is -2.37. The predicted molar refractivity (Wildman–Crippen MR) is 394 cm³/mol. The second kappa shape index (κ2) is 35.7. The molecule has 31 nitrogen and oxygen atoms in total. The van der Waals surface area contributed by atoms with Crippen LogP contribution >= 0.6 is 25.0 Å². The number of carbonyl (C=O) groups is 2. The highest BCUT2D eigenvalue weighted by atomic mass is 31.2. The molecule has 0 aliphatic carbocycles. The van der Waals surface area contributed by atoms with Crippen molar-refractivity contribution in [2.45, 2.75) is 133 Å². The molecule has 5 aromatic carbocycles. The number of nitriles is 1. The molecule has 564 valence electrons. The summed E-state index contributed by atoms with van der Waals surface area (Å²) < 4.78 is 112. The number of carbonyl (C=O) groups excluding carboxylic acids is 2. The second-order valence-electron chi connectivity index (χ2n) is 25.8. The predicted octanol–water partition coefficient (Wildman–Crippen LogP) is 9.94. The molecule has 12 rings (SSSR count). The average molecular weight is 1530 g/mol. The van der Waals surface area contributed by atoms with Crippen molar-refractivity contribution in [1.82, 2.24) is 38.6 Å². The first-order valence-electron chi connectivity index (χ1n) is 34.7. The lowest BCUT2D eigenvalue weighted by atomic mass is 9.80. The van der Waals surface area contributed by atoms with Gasteiger partial charge in [-0.25, -0.2) is 24.2 Å². The number of aromatic nitrogens is 6. The van der Waals surface area contributed by atoms with Gasteiger partial charge in [0.2, 0.25) is 0 Å². The summed E-state index contributed by atoms with van der Waals surface area (Å²) in [5.41, 5.74) is -0.202. The van der Waals surface area contributed by atoms with Gasteiger partial charge in [0, 0.05) is 60.4 Å². The van der Waals surface area contributed by atoms with E-state index in [0.717, 1.165) is 10.1 Å². The maximum atomic E-state index is 14.7. The van der Waals surface area contributed by atoms with E-state index in [4.69, 9.17) is 55.6 Å². The Morgan fingerprint density at radius 3 is 1.75 bits per heavy atom. The zero-order chi connectivity index (χ0) is 75.3. The molecule has 4 aliphatic rings. The van der Waals surface area contributed by atoms with Crippen LogP contribution in [-0.4, -0.2) is 147 Å². The highest BCUT2D eigenvalue weighted by Crippen LogP contribution is 2.52. The van der Waals surface area contributed by atoms with E-state index in [0.29, 0.717) is 45.3 Å². The summed E-state index contributed by atoms with van der Waals surface area (Å²) in [7, 11) is -5.96. The molecule has 12 atom stereocenters. The molecule has 3 saturated heterocycles. The number of nitrogens with one attached hydrogen (secondary N) is 4. The molecule has 8 aromatic rings. The molecule has 0 bridgehead atoms. The van der Waals surface area contributed by atoms with Gasteiger partial charge in [-0.3, -0.25) is 42.2 Å². The van der Waals surface area contributed by atoms with Crippen LogP contribution in [0.15, 0.2) is 184 Å². The SMILES string of the molecule is COc1ccc(C(OC[C@H]2O[C@@H](n3ccc(NC(=O)c4ccccc4)nc3=O)C[C@@H]2O[PH](=O)OC[C@H]2O[C@@H](n3cc(C)c(=O)[nH]c3=O)C[C@@H]2O[PH](=O)OC[C@H]2O[C@@H](n3cnc4c3NCN=C4NC(=O)c3ccccc3)C[C@@H]2OP(OCCC#N)N(C(C)C)C(C)C)(c2ccccc2)c2ccc(OC)cc2)cc1. The van der Waals surface area contributed by atoms with E-state index in [9.17, 15) is 38.4 Å². The summed E-state index contributed by atoms with van der Waals surface area (Å²) in [6, 6.07) is 44.8. The molecule has 3 unspecified atom stereocenters.